The third kappa shape index (κ3) is 3.26. The highest BCUT2D eigenvalue weighted by Crippen LogP contribution is 2.36. The van der Waals surface area contributed by atoms with E-state index in [1.54, 1.807) is 34.5 Å². The molecule has 122 valence electrons. The zero-order valence-electron chi connectivity index (χ0n) is 13.0. The molecule has 3 rings (SSSR count). The first-order valence-electron chi connectivity index (χ1n) is 7.34. The van der Waals surface area contributed by atoms with E-state index in [1.165, 1.54) is 11.3 Å². The molecule has 0 bridgehead atoms. The van der Waals surface area contributed by atoms with E-state index < -0.39 is 0 Å². The van der Waals surface area contributed by atoms with E-state index in [9.17, 15) is 9.59 Å². The van der Waals surface area contributed by atoms with Crippen molar-refractivity contribution in [2.24, 2.45) is 13.0 Å². The van der Waals surface area contributed by atoms with Crippen LogP contribution in [0.15, 0.2) is 24.1 Å². The third-order valence-electron chi connectivity index (χ3n) is 4.07. The fourth-order valence-corrected chi connectivity index (χ4v) is 3.40. The smallest absolute Gasteiger partial charge is 0.311 e. The van der Waals surface area contributed by atoms with Crippen LogP contribution < -0.4 is 0 Å². The SMILES string of the molecule is CN1C(=O)CCC(C(=O)OCc2cncs2)C1c1cnn(C)c1. The van der Waals surface area contributed by atoms with E-state index in [0.717, 1.165) is 10.4 Å². The number of ether oxygens (including phenoxy) is 1. The molecule has 1 saturated heterocycles. The lowest BCUT2D eigenvalue weighted by Gasteiger charge is -2.37. The van der Waals surface area contributed by atoms with Crippen LogP contribution in [0.5, 0.6) is 0 Å². The minimum absolute atomic E-state index is 0.0327. The van der Waals surface area contributed by atoms with Gasteiger partial charge in [-0.25, -0.2) is 0 Å². The van der Waals surface area contributed by atoms with Crippen LogP contribution in [0.1, 0.15) is 29.3 Å². The number of aromatic nitrogens is 3. The fraction of sp³-hybridized carbons (Fsp3) is 0.467. The van der Waals surface area contributed by atoms with Crippen molar-refractivity contribution in [2.75, 3.05) is 7.05 Å². The van der Waals surface area contributed by atoms with Gasteiger partial charge in [0.1, 0.15) is 6.61 Å². The van der Waals surface area contributed by atoms with Gasteiger partial charge in [-0.1, -0.05) is 0 Å². The van der Waals surface area contributed by atoms with Gasteiger partial charge in [0, 0.05) is 38.5 Å². The van der Waals surface area contributed by atoms with Gasteiger partial charge in [0.25, 0.3) is 0 Å². The molecule has 0 aromatic carbocycles. The lowest BCUT2D eigenvalue weighted by atomic mass is 9.86. The van der Waals surface area contributed by atoms with Crippen molar-refractivity contribution in [2.45, 2.75) is 25.5 Å². The Labute approximate surface area is 137 Å². The molecule has 0 spiro atoms. The number of esters is 1. The lowest BCUT2D eigenvalue weighted by Crippen LogP contribution is -2.43. The average molecular weight is 334 g/mol. The highest BCUT2D eigenvalue weighted by Gasteiger charge is 2.40. The van der Waals surface area contributed by atoms with E-state index in [-0.39, 0.29) is 30.4 Å². The Bertz CT molecular complexity index is 697. The van der Waals surface area contributed by atoms with Crippen LogP contribution in [-0.4, -0.2) is 38.6 Å². The van der Waals surface area contributed by atoms with Crippen molar-refractivity contribution < 1.29 is 14.3 Å². The monoisotopic (exact) mass is 334 g/mol. The molecule has 1 fully saturated rings. The minimum Gasteiger partial charge on any atom is -0.460 e. The molecule has 0 aliphatic carbocycles. The number of rotatable bonds is 4. The molecule has 7 nitrogen and oxygen atoms in total. The van der Waals surface area contributed by atoms with Gasteiger partial charge >= 0.3 is 5.97 Å². The summed E-state index contributed by atoms with van der Waals surface area (Å²) >= 11 is 1.45. The second-order valence-corrected chi connectivity index (χ2v) is 6.59. The number of carbonyl (C=O) groups is 2. The molecule has 8 heteroatoms. The molecule has 1 amide bonds. The van der Waals surface area contributed by atoms with E-state index >= 15 is 0 Å². The van der Waals surface area contributed by atoms with E-state index in [1.807, 2.05) is 13.2 Å². The number of aryl methyl sites for hydroxylation is 1. The topological polar surface area (TPSA) is 77.3 Å². The van der Waals surface area contributed by atoms with Gasteiger partial charge < -0.3 is 9.64 Å². The summed E-state index contributed by atoms with van der Waals surface area (Å²) in [5.41, 5.74) is 2.55. The predicted octanol–water partition coefficient (Wildman–Crippen LogP) is 1.53. The van der Waals surface area contributed by atoms with Crippen molar-refractivity contribution in [3.05, 3.63) is 34.5 Å². The maximum Gasteiger partial charge on any atom is 0.311 e. The molecule has 2 atom stereocenters. The molecule has 2 aromatic rings. The number of hydrogen-bond acceptors (Lipinski definition) is 6. The first-order valence-corrected chi connectivity index (χ1v) is 8.22. The van der Waals surface area contributed by atoms with Crippen molar-refractivity contribution >= 4 is 23.2 Å². The summed E-state index contributed by atoms with van der Waals surface area (Å²) in [7, 11) is 3.54. The molecule has 0 radical (unpaired) electrons. The zero-order valence-corrected chi connectivity index (χ0v) is 13.8. The second kappa shape index (κ2) is 6.49. The van der Waals surface area contributed by atoms with Gasteiger partial charge in [0.15, 0.2) is 0 Å². The van der Waals surface area contributed by atoms with E-state index in [2.05, 4.69) is 10.1 Å². The Morgan fingerprint density at radius 3 is 2.91 bits per heavy atom. The molecule has 2 aromatic heterocycles. The van der Waals surface area contributed by atoms with Crippen molar-refractivity contribution in [1.82, 2.24) is 19.7 Å². The molecule has 1 aliphatic rings. The van der Waals surface area contributed by atoms with Crippen LogP contribution in [0.2, 0.25) is 0 Å². The van der Waals surface area contributed by atoms with Crippen LogP contribution in [0.3, 0.4) is 0 Å². The molecule has 2 unspecified atom stereocenters. The predicted molar refractivity (Wildman–Crippen MR) is 83.4 cm³/mol. The number of thiazole rings is 1. The maximum atomic E-state index is 12.5. The standard InChI is InChI=1S/C15H18N4O3S/c1-18-7-10(5-17-18)14-12(3-4-13(20)19(14)2)15(21)22-8-11-6-16-9-23-11/h5-7,9,12,14H,3-4,8H2,1-2H3. The molecule has 3 heterocycles. The van der Waals surface area contributed by atoms with Crippen molar-refractivity contribution in [3.63, 3.8) is 0 Å². The molecule has 0 saturated carbocycles. The summed E-state index contributed by atoms with van der Waals surface area (Å²) in [5, 5.41) is 4.15. The summed E-state index contributed by atoms with van der Waals surface area (Å²) in [6.07, 6.45) is 6.07. The van der Waals surface area contributed by atoms with Gasteiger partial charge in [-0.15, -0.1) is 11.3 Å². The highest BCUT2D eigenvalue weighted by molar-refractivity contribution is 7.09. The van der Waals surface area contributed by atoms with Crippen LogP contribution in [0.4, 0.5) is 0 Å². The number of piperidine rings is 1. The summed E-state index contributed by atoms with van der Waals surface area (Å²) in [6, 6.07) is -0.334. The molecule has 0 N–H and O–H groups in total. The zero-order chi connectivity index (χ0) is 16.4. The summed E-state index contributed by atoms with van der Waals surface area (Å²) in [4.78, 5) is 31.1. The average Bonchev–Trinajstić information content (AvgIpc) is 3.19. The normalized spacial score (nSPS) is 21.5. The number of amides is 1. The first kappa shape index (κ1) is 15.7. The maximum absolute atomic E-state index is 12.5. The first-order chi connectivity index (χ1) is 11.1. The second-order valence-electron chi connectivity index (χ2n) is 5.62. The molecular formula is C15H18N4O3S. The van der Waals surface area contributed by atoms with Gasteiger partial charge in [0.2, 0.25) is 5.91 Å². The minimum atomic E-state index is -0.380. The Kier molecular flexibility index (Phi) is 4.42. The van der Waals surface area contributed by atoms with Crippen LogP contribution in [-0.2, 0) is 28.0 Å². The van der Waals surface area contributed by atoms with Crippen molar-refractivity contribution in [1.29, 1.82) is 0 Å². The van der Waals surface area contributed by atoms with E-state index in [4.69, 9.17) is 4.74 Å². The Balaban J connectivity index is 1.77. The molecule has 1 aliphatic heterocycles. The number of hydrogen-bond donors (Lipinski definition) is 0. The fourth-order valence-electron chi connectivity index (χ4n) is 2.90. The summed E-state index contributed by atoms with van der Waals surface area (Å²) < 4.78 is 7.10. The largest absolute Gasteiger partial charge is 0.460 e. The molecular weight excluding hydrogens is 316 g/mol. The Morgan fingerprint density at radius 1 is 1.43 bits per heavy atom. The van der Waals surface area contributed by atoms with E-state index in [0.29, 0.717) is 12.8 Å². The van der Waals surface area contributed by atoms with Gasteiger partial charge in [-0.2, -0.15) is 5.10 Å². The summed E-state index contributed by atoms with van der Waals surface area (Å²) in [5.74, 6) is -0.633. The quantitative estimate of drug-likeness (QED) is 0.793. The third-order valence-corrected chi connectivity index (χ3v) is 4.82. The van der Waals surface area contributed by atoms with Gasteiger partial charge in [0.05, 0.1) is 28.5 Å². The van der Waals surface area contributed by atoms with Gasteiger partial charge in [-0.3, -0.25) is 19.3 Å². The lowest BCUT2D eigenvalue weighted by molar-refractivity contribution is -0.157. The number of carbonyl (C=O) groups excluding carboxylic acids is 2. The number of likely N-dealkylation sites (tertiary alicyclic amines) is 1. The van der Waals surface area contributed by atoms with Gasteiger partial charge in [-0.05, 0) is 6.42 Å². The van der Waals surface area contributed by atoms with Crippen LogP contribution in [0, 0.1) is 5.92 Å². The summed E-state index contributed by atoms with van der Waals surface area (Å²) in [6.45, 7) is 0.220. The Hall–Kier alpha value is -2.22. The Morgan fingerprint density at radius 2 is 2.26 bits per heavy atom. The highest BCUT2D eigenvalue weighted by atomic mass is 32.1. The van der Waals surface area contributed by atoms with Crippen LogP contribution >= 0.6 is 11.3 Å². The van der Waals surface area contributed by atoms with Crippen molar-refractivity contribution in [3.8, 4) is 0 Å². The number of nitrogens with zero attached hydrogens (tertiary/aromatic N) is 4. The molecule has 23 heavy (non-hydrogen) atoms. The van der Waals surface area contributed by atoms with Crippen LogP contribution in [0.25, 0.3) is 0 Å².